The lowest BCUT2D eigenvalue weighted by Gasteiger charge is -2.17. The Morgan fingerprint density at radius 1 is 0.124 bits per heavy atom. The van der Waals surface area contributed by atoms with E-state index in [2.05, 4.69) is 472 Å². The van der Waals surface area contributed by atoms with Crippen LogP contribution in [-0.2, 0) is 0 Å². The maximum Gasteiger partial charge on any atom is 0.488 e. The van der Waals surface area contributed by atoms with Crippen LogP contribution in [0.4, 0.5) is 0 Å². The molecule has 0 aliphatic heterocycles. The summed E-state index contributed by atoms with van der Waals surface area (Å²) in [5, 5.41) is 55.5. The standard InChI is InChI=1S/C48H32.C32H21Br.C22H14Br2.C16H13BO2.C10H9BO2/c1-4-12-33(13-5-1)38-22-23-40-28-42(25-24-39(40)27-38)44-30-46(36-17-8-3-9-18-36)47-31-43(41-21-20-34-14-10-11-19-37(34)26-41)29-45(48(47)32-44)35-15-6-2-7-16-35;33-28-20-30(24-12-5-2-6-13-24)31-19-27(26-16-15-22-9-7-8-14-25(22)17-26)18-29(32(31)21-28)23-10-3-1-4-11-23;23-17-11-19(15-7-3-1-4-8-15)21-13-18(24)12-20(22(21)14-17)16-9-5-2-6-10-16;18-17(19)16-9-8-14-10-13(6-7-15(14)11-16)12-4-2-1-3-5-12;12-11(13)10-6-5-8-3-1-2-4-9(8)7-10/h1-32H;1-21H;1-14H;1-11,18-19H;1-7,12-13H. The zero-order valence-corrected chi connectivity index (χ0v) is 79.4. The van der Waals surface area contributed by atoms with Crippen molar-refractivity contribution in [3.63, 3.8) is 0 Å². The highest BCUT2D eigenvalue weighted by molar-refractivity contribution is 9.11. The molecule has 24 rings (SSSR count). The van der Waals surface area contributed by atoms with E-state index in [4.69, 9.17) is 10.0 Å². The van der Waals surface area contributed by atoms with Crippen LogP contribution >= 0.6 is 47.8 Å². The van der Waals surface area contributed by atoms with Gasteiger partial charge in [-0.2, -0.15) is 0 Å². The van der Waals surface area contributed by atoms with Gasteiger partial charge in [0.15, 0.2) is 0 Å². The second-order valence-corrected chi connectivity index (χ2v) is 37.0. The van der Waals surface area contributed by atoms with E-state index in [9.17, 15) is 10.0 Å². The molecule has 9 heteroatoms. The number of halogens is 3. The number of rotatable bonds is 13. The predicted octanol–water partition coefficient (Wildman–Crippen LogP) is 33.6. The third-order valence-electron chi connectivity index (χ3n) is 25.4. The first-order valence-corrected chi connectivity index (χ1v) is 48.2. The molecule has 0 amide bonds. The molecule has 0 spiro atoms. The fraction of sp³-hybridized carbons (Fsp3) is 0. The second-order valence-electron chi connectivity index (χ2n) is 34.2. The summed E-state index contributed by atoms with van der Waals surface area (Å²) in [6, 6.07) is 182. The van der Waals surface area contributed by atoms with Crippen LogP contribution in [0.3, 0.4) is 0 Å². The van der Waals surface area contributed by atoms with Gasteiger partial charge >= 0.3 is 14.2 Å². The first-order valence-electron chi connectivity index (χ1n) is 45.8. The first kappa shape index (κ1) is 89.6. The van der Waals surface area contributed by atoms with Crippen LogP contribution in [0.2, 0.25) is 0 Å². The second kappa shape index (κ2) is 41.3. The van der Waals surface area contributed by atoms with Crippen molar-refractivity contribution < 1.29 is 20.1 Å². The molecule has 652 valence electrons. The number of hydrogen-bond donors (Lipinski definition) is 4. The molecule has 4 nitrogen and oxygen atoms in total. The van der Waals surface area contributed by atoms with Crippen LogP contribution in [0, 0.1) is 0 Å². The summed E-state index contributed by atoms with van der Waals surface area (Å²) in [7, 11) is -2.80. The van der Waals surface area contributed by atoms with E-state index in [1.807, 2.05) is 66.7 Å². The lowest BCUT2D eigenvalue weighted by atomic mass is 9.79. The van der Waals surface area contributed by atoms with Gasteiger partial charge in [0.05, 0.1) is 0 Å². The maximum atomic E-state index is 9.17. The van der Waals surface area contributed by atoms with Crippen molar-refractivity contribution in [2.45, 2.75) is 0 Å². The van der Waals surface area contributed by atoms with Crippen molar-refractivity contribution in [1.82, 2.24) is 0 Å². The van der Waals surface area contributed by atoms with Gasteiger partial charge in [-0.05, 0) is 323 Å². The molecule has 0 atom stereocenters. The fourth-order valence-corrected chi connectivity index (χ4v) is 19.9. The van der Waals surface area contributed by atoms with Crippen LogP contribution in [0.25, 0.3) is 209 Å². The summed E-state index contributed by atoms with van der Waals surface area (Å²) in [6.45, 7) is 0. The molecule has 24 aromatic rings. The van der Waals surface area contributed by atoms with Gasteiger partial charge < -0.3 is 20.1 Å². The van der Waals surface area contributed by atoms with E-state index in [-0.39, 0.29) is 0 Å². The van der Waals surface area contributed by atoms with Crippen LogP contribution in [0.5, 0.6) is 0 Å². The monoisotopic (exact) mass is 1950 g/mol. The highest BCUT2D eigenvalue weighted by atomic mass is 79.9. The smallest absolute Gasteiger partial charge is 0.423 e. The molecule has 0 aliphatic carbocycles. The van der Waals surface area contributed by atoms with E-state index >= 15 is 0 Å². The van der Waals surface area contributed by atoms with Gasteiger partial charge in [-0.1, -0.05) is 460 Å². The summed E-state index contributed by atoms with van der Waals surface area (Å²) >= 11 is 11.2. The van der Waals surface area contributed by atoms with Crippen LogP contribution in [0.15, 0.2) is 529 Å². The quantitative estimate of drug-likeness (QED) is 0.0867. The fourth-order valence-electron chi connectivity index (χ4n) is 18.5. The topological polar surface area (TPSA) is 80.9 Å². The zero-order chi connectivity index (χ0) is 93.1. The molecule has 0 fully saturated rings. The van der Waals surface area contributed by atoms with Crippen LogP contribution < -0.4 is 10.9 Å². The lowest BCUT2D eigenvalue weighted by Crippen LogP contribution is -2.29. The summed E-state index contributed by atoms with van der Waals surface area (Å²) in [6.07, 6.45) is 0. The highest BCUT2D eigenvalue weighted by Crippen LogP contribution is 2.46. The molecule has 0 heterocycles. The average Bonchev–Trinajstić information content (AvgIpc) is 0.750. The third-order valence-corrected chi connectivity index (χ3v) is 26.8. The van der Waals surface area contributed by atoms with Crippen molar-refractivity contribution in [3.05, 3.63) is 529 Å². The van der Waals surface area contributed by atoms with Gasteiger partial charge in [-0.15, -0.1) is 0 Å². The Hall–Kier alpha value is -15.2. The Kier molecular flexibility index (Phi) is 27.0. The van der Waals surface area contributed by atoms with Gasteiger partial charge in [0.2, 0.25) is 0 Å². The molecule has 0 radical (unpaired) electrons. The third kappa shape index (κ3) is 20.4. The van der Waals surface area contributed by atoms with Crippen molar-refractivity contribution in [3.8, 4) is 122 Å². The molecule has 137 heavy (non-hydrogen) atoms. The highest BCUT2D eigenvalue weighted by Gasteiger charge is 2.21. The Labute approximate surface area is 823 Å². The van der Waals surface area contributed by atoms with Gasteiger partial charge in [0.1, 0.15) is 0 Å². The molecule has 0 saturated heterocycles. The average molecular weight is 1950 g/mol. The van der Waals surface area contributed by atoms with Crippen LogP contribution in [-0.4, -0.2) is 34.3 Å². The summed E-state index contributed by atoms with van der Waals surface area (Å²) in [5.41, 5.74) is 27.9. The Bertz CT molecular complexity index is 8390. The molecule has 0 bridgehead atoms. The Morgan fingerprint density at radius 3 is 0.555 bits per heavy atom. The number of benzene rings is 24. The summed E-state index contributed by atoms with van der Waals surface area (Å²) in [5.74, 6) is 0. The number of fused-ring (bicyclic) bond motifs is 8. The zero-order valence-electron chi connectivity index (χ0n) is 74.7. The summed E-state index contributed by atoms with van der Waals surface area (Å²) in [4.78, 5) is 0. The minimum absolute atomic E-state index is 0.514. The van der Waals surface area contributed by atoms with E-state index in [1.54, 1.807) is 24.3 Å². The Morgan fingerprint density at radius 2 is 0.299 bits per heavy atom. The van der Waals surface area contributed by atoms with Gasteiger partial charge in [0.25, 0.3) is 0 Å². The van der Waals surface area contributed by atoms with E-state index in [0.717, 1.165) is 40.5 Å². The molecule has 24 aromatic carbocycles. The molecular formula is C128H89B2Br3O4. The lowest BCUT2D eigenvalue weighted by molar-refractivity contribution is 0.424. The molecular weight excluding hydrogens is 1860 g/mol. The van der Waals surface area contributed by atoms with Crippen molar-refractivity contribution in [2.24, 2.45) is 0 Å². The molecule has 0 saturated carbocycles. The molecule has 0 aliphatic rings. The SMILES string of the molecule is Brc1cc(-c2ccccc2)c2cc(-c3ccc4ccccc4c3)cc(-c3ccccc3)c2c1.Brc1cc(-c2ccccc2)c2cc(Br)cc(-c3ccccc3)c2c1.OB(O)c1ccc2cc(-c3ccccc3)ccc2c1.OB(O)c1ccc2ccccc2c1.c1ccc(-c2ccc3cc(-c4cc(-c5ccccc5)c5cc(-c6ccc7ccccc7c6)cc(-c6ccccc6)c5c4)ccc3c2)cc1. The predicted molar refractivity (Wildman–Crippen MR) is 595 cm³/mol. The van der Waals surface area contributed by atoms with Crippen molar-refractivity contribution in [2.75, 3.05) is 0 Å². The molecule has 0 unspecified atom stereocenters. The largest absolute Gasteiger partial charge is 0.488 e. The van der Waals surface area contributed by atoms with E-state index < -0.39 is 14.2 Å². The molecule has 4 N–H and O–H groups in total. The minimum atomic E-state index is -1.42. The minimum Gasteiger partial charge on any atom is -0.423 e. The van der Waals surface area contributed by atoms with Gasteiger partial charge in [-0.25, -0.2) is 0 Å². The van der Waals surface area contributed by atoms with E-state index in [0.29, 0.717) is 10.9 Å². The van der Waals surface area contributed by atoms with Gasteiger partial charge in [-0.3, -0.25) is 0 Å². The normalized spacial score (nSPS) is 11.0. The maximum absolute atomic E-state index is 9.17. The van der Waals surface area contributed by atoms with E-state index in [1.165, 1.54) is 181 Å². The van der Waals surface area contributed by atoms with Crippen LogP contribution in [0.1, 0.15) is 0 Å². The van der Waals surface area contributed by atoms with Gasteiger partial charge in [0, 0.05) is 13.4 Å². The first-order chi connectivity index (χ1) is 67.3. The van der Waals surface area contributed by atoms with Crippen molar-refractivity contribution >= 4 is 159 Å². The summed E-state index contributed by atoms with van der Waals surface area (Å²) < 4.78 is 3.27. The number of hydrogen-bond acceptors (Lipinski definition) is 4. The Balaban J connectivity index is 0.000000113. The molecule has 0 aromatic heterocycles. The van der Waals surface area contributed by atoms with Crippen molar-refractivity contribution in [1.29, 1.82) is 0 Å².